The van der Waals surface area contributed by atoms with Gasteiger partial charge in [0.1, 0.15) is 0 Å². The van der Waals surface area contributed by atoms with Gasteiger partial charge in [0, 0.05) is 0 Å². The lowest BCUT2D eigenvalue weighted by Crippen LogP contribution is -2.67. The summed E-state index contributed by atoms with van der Waals surface area (Å²) in [6, 6.07) is 0. The van der Waals surface area contributed by atoms with Gasteiger partial charge < -0.3 is 0 Å². The molecular weight excluding hydrogens is 356 g/mol. The van der Waals surface area contributed by atoms with Gasteiger partial charge in [0.05, 0.1) is 0 Å². The van der Waals surface area contributed by atoms with Gasteiger partial charge >= 0.3 is 22.4 Å². The molecule has 20 heavy (non-hydrogen) atoms. The molecule has 0 heterocycles. The fraction of sp³-hybridized carbons (Fsp3) is 1.00. The molecule has 6 nitrogen and oxygen atoms in total. The highest BCUT2D eigenvalue weighted by molar-refractivity contribution is 7.90. The number of hydrogen-bond donors (Lipinski definition) is 2. The van der Waals surface area contributed by atoms with Crippen molar-refractivity contribution in [3.63, 3.8) is 0 Å². The minimum atomic E-state index is -7.37. The zero-order valence-corrected chi connectivity index (χ0v) is 10.3. The summed E-state index contributed by atoms with van der Waals surface area (Å²) in [4.78, 5) is 0. The maximum atomic E-state index is 12.7. The molecule has 0 unspecified atom stereocenters. The Kier molecular flexibility index (Phi) is 4.21. The third-order valence-corrected chi connectivity index (χ3v) is 3.78. The first-order chi connectivity index (χ1) is 8.25. The molecule has 0 aliphatic carbocycles. The highest BCUT2D eigenvalue weighted by Gasteiger charge is 2.86. The van der Waals surface area contributed by atoms with Crippen LogP contribution in [0.25, 0.3) is 0 Å². The summed E-state index contributed by atoms with van der Waals surface area (Å²) < 4.78 is 142. The van der Waals surface area contributed by atoms with Crippen LogP contribution in [0.5, 0.6) is 0 Å². The number of primary sulfonamides is 2. The number of rotatable bonds is 5. The van der Waals surface area contributed by atoms with E-state index < -0.39 is 42.4 Å². The Morgan fingerprint density at radius 3 is 0.800 bits per heavy atom. The van der Waals surface area contributed by atoms with Crippen LogP contribution in [0.4, 0.5) is 35.1 Å². The van der Waals surface area contributed by atoms with Crippen LogP contribution in [0.1, 0.15) is 0 Å². The summed E-state index contributed by atoms with van der Waals surface area (Å²) >= 11 is 0. The van der Waals surface area contributed by atoms with Crippen LogP contribution >= 0.6 is 0 Å². The molecule has 0 spiro atoms. The topological polar surface area (TPSA) is 120 Å². The van der Waals surface area contributed by atoms with Crippen LogP contribution in [-0.4, -0.2) is 39.2 Å². The molecule has 122 valence electrons. The molecular formula is C4H4F8N2O4S2. The van der Waals surface area contributed by atoms with E-state index in [1.54, 1.807) is 0 Å². The van der Waals surface area contributed by atoms with Crippen LogP contribution in [-0.2, 0) is 20.0 Å². The first-order valence-corrected chi connectivity index (χ1v) is 6.90. The van der Waals surface area contributed by atoms with E-state index in [2.05, 4.69) is 10.3 Å². The van der Waals surface area contributed by atoms with Crippen molar-refractivity contribution in [1.82, 2.24) is 0 Å². The molecule has 16 heteroatoms. The number of sulfonamides is 2. The smallest absolute Gasteiger partial charge is 0.223 e. The van der Waals surface area contributed by atoms with Crippen LogP contribution in [0.15, 0.2) is 0 Å². The highest BCUT2D eigenvalue weighted by atomic mass is 32.2. The van der Waals surface area contributed by atoms with Gasteiger partial charge in [0.2, 0.25) is 0 Å². The third kappa shape index (κ3) is 2.33. The standard InChI is InChI=1S/C4H4F8N2O4S2/c5-1(6,3(9,10)19(13,15)16)2(7,8)4(11,12)20(14,17)18/h(H2,13,15,16)(H2,14,17,18). The number of hydrogen-bond acceptors (Lipinski definition) is 4. The van der Waals surface area contributed by atoms with Crippen molar-refractivity contribution in [2.24, 2.45) is 10.3 Å². The Hall–Kier alpha value is -0.740. The Balaban J connectivity index is 6.37. The van der Waals surface area contributed by atoms with E-state index in [-0.39, 0.29) is 0 Å². The van der Waals surface area contributed by atoms with E-state index in [9.17, 15) is 52.0 Å². The predicted molar refractivity (Wildman–Crippen MR) is 46.0 cm³/mol. The number of nitrogens with two attached hydrogens (primary N) is 2. The monoisotopic (exact) mass is 360 g/mol. The van der Waals surface area contributed by atoms with Gasteiger partial charge in [-0.1, -0.05) is 0 Å². The van der Waals surface area contributed by atoms with E-state index >= 15 is 0 Å². The van der Waals surface area contributed by atoms with E-state index in [1.165, 1.54) is 0 Å². The summed E-state index contributed by atoms with van der Waals surface area (Å²) in [5.41, 5.74) is 0. The molecule has 0 radical (unpaired) electrons. The lowest BCUT2D eigenvalue weighted by molar-refractivity contribution is -0.325. The summed E-state index contributed by atoms with van der Waals surface area (Å²) in [6.07, 6.45) is 0. The van der Waals surface area contributed by atoms with E-state index in [0.29, 0.717) is 0 Å². The average Bonchev–Trinajstić information content (AvgIpc) is 2.12. The molecule has 0 aromatic carbocycles. The summed E-state index contributed by atoms with van der Waals surface area (Å²) in [7, 11) is -13.6. The Morgan fingerprint density at radius 2 is 0.700 bits per heavy atom. The lowest BCUT2D eigenvalue weighted by atomic mass is 10.2. The van der Waals surface area contributed by atoms with Crippen molar-refractivity contribution < 1.29 is 52.0 Å². The van der Waals surface area contributed by atoms with Gasteiger partial charge in [0.15, 0.2) is 0 Å². The van der Waals surface area contributed by atoms with E-state index in [1.807, 2.05) is 0 Å². The molecule has 0 fully saturated rings. The first-order valence-electron chi connectivity index (χ1n) is 3.81. The largest absolute Gasteiger partial charge is 0.426 e. The predicted octanol–water partition coefficient (Wildman–Crippen LogP) is 0.0196. The minimum Gasteiger partial charge on any atom is -0.223 e. The molecule has 0 amide bonds. The van der Waals surface area contributed by atoms with Gasteiger partial charge in [0.25, 0.3) is 20.0 Å². The van der Waals surface area contributed by atoms with Gasteiger partial charge in [-0.15, -0.1) is 0 Å². The van der Waals surface area contributed by atoms with Gasteiger partial charge in [-0.25, -0.2) is 27.1 Å². The van der Waals surface area contributed by atoms with Crippen LogP contribution < -0.4 is 10.3 Å². The maximum Gasteiger partial charge on any atom is 0.426 e. The fourth-order valence-electron chi connectivity index (χ4n) is 0.723. The molecule has 4 N–H and O–H groups in total. The summed E-state index contributed by atoms with van der Waals surface area (Å²) in [6.45, 7) is 0. The number of alkyl halides is 8. The molecule has 0 aromatic heterocycles. The van der Waals surface area contributed by atoms with Crippen molar-refractivity contribution in [3.05, 3.63) is 0 Å². The van der Waals surface area contributed by atoms with Crippen molar-refractivity contribution in [3.8, 4) is 0 Å². The molecule has 0 aliphatic rings. The maximum absolute atomic E-state index is 12.7. The van der Waals surface area contributed by atoms with Crippen molar-refractivity contribution in [2.45, 2.75) is 22.4 Å². The second-order valence-corrected chi connectivity index (χ2v) is 6.48. The normalized spacial score (nSPS) is 16.3. The third-order valence-electron chi connectivity index (χ3n) is 1.84. The SMILES string of the molecule is NS(=O)(=O)C(F)(F)C(F)(F)C(F)(F)C(F)(F)S(N)(=O)=O. The average molecular weight is 360 g/mol. The Morgan fingerprint density at radius 1 is 0.550 bits per heavy atom. The van der Waals surface area contributed by atoms with Crippen LogP contribution in [0.3, 0.4) is 0 Å². The van der Waals surface area contributed by atoms with Crippen molar-refractivity contribution >= 4 is 20.0 Å². The second-order valence-electron chi connectivity index (χ2n) is 3.27. The van der Waals surface area contributed by atoms with Gasteiger partial charge in [-0.3, -0.25) is 0 Å². The zero-order chi connectivity index (χ0) is 17.0. The van der Waals surface area contributed by atoms with E-state index in [4.69, 9.17) is 0 Å². The van der Waals surface area contributed by atoms with E-state index in [0.717, 1.165) is 0 Å². The Labute approximate surface area is 105 Å². The quantitative estimate of drug-likeness (QED) is 0.672. The summed E-state index contributed by atoms with van der Waals surface area (Å²) in [5, 5.41) is -6.72. The van der Waals surface area contributed by atoms with Gasteiger partial charge in [-0.05, 0) is 0 Å². The van der Waals surface area contributed by atoms with Crippen LogP contribution in [0, 0.1) is 0 Å². The molecule has 0 saturated carbocycles. The first kappa shape index (κ1) is 19.3. The molecule has 0 aliphatic heterocycles. The fourth-order valence-corrected chi connectivity index (χ4v) is 1.69. The zero-order valence-electron chi connectivity index (χ0n) is 8.63. The van der Waals surface area contributed by atoms with Crippen molar-refractivity contribution in [2.75, 3.05) is 0 Å². The minimum absolute atomic E-state index is 3.53. The lowest BCUT2D eigenvalue weighted by Gasteiger charge is -2.34. The molecule has 0 atom stereocenters. The number of halogens is 8. The Bertz CT molecular complexity index is 542. The highest BCUT2D eigenvalue weighted by Crippen LogP contribution is 2.54. The molecule has 0 saturated heterocycles. The molecule has 0 rings (SSSR count). The molecule has 0 aromatic rings. The van der Waals surface area contributed by atoms with Crippen LogP contribution in [0.2, 0.25) is 0 Å². The summed E-state index contributed by atoms with van der Waals surface area (Å²) in [5.74, 6) is -14.7. The second kappa shape index (κ2) is 4.38. The van der Waals surface area contributed by atoms with Gasteiger partial charge in [-0.2, -0.15) is 35.1 Å². The van der Waals surface area contributed by atoms with Crippen molar-refractivity contribution in [1.29, 1.82) is 0 Å². The molecule has 0 bridgehead atoms.